The highest BCUT2D eigenvalue weighted by atomic mass is 16.5. The largest absolute Gasteiger partial charge is 0.496 e. The van der Waals surface area contributed by atoms with Gasteiger partial charge in [0.1, 0.15) is 5.75 Å². The average Bonchev–Trinajstić information content (AvgIpc) is 2.48. The number of nitrogens with zero attached hydrogens (tertiary/aromatic N) is 1. The maximum atomic E-state index is 12.1. The third kappa shape index (κ3) is 3.15. The molecule has 0 aliphatic rings. The van der Waals surface area contributed by atoms with Crippen LogP contribution in [0.3, 0.4) is 0 Å². The summed E-state index contributed by atoms with van der Waals surface area (Å²) in [7, 11) is 1.63. The summed E-state index contributed by atoms with van der Waals surface area (Å²) in [5.74, 6) is 0.628. The minimum atomic E-state index is -0.144. The van der Waals surface area contributed by atoms with Crippen molar-refractivity contribution in [3.05, 3.63) is 59.4 Å². The molecular weight excluding hydrogens is 252 g/mol. The van der Waals surface area contributed by atoms with Gasteiger partial charge in [0.15, 0.2) is 0 Å². The molecule has 0 saturated carbocycles. The van der Waals surface area contributed by atoms with E-state index < -0.39 is 0 Å². The number of pyridine rings is 1. The fourth-order valence-corrected chi connectivity index (χ4v) is 2.05. The van der Waals surface area contributed by atoms with Crippen molar-refractivity contribution in [3.63, 3.8) is 0 Å². The lowest BCUT2D eigenvalue weighted by molar-refractivity contribution is 0.0939. The van der Waals surface area contributed by atoms with E-state index >= 15 is 0 Å². The molecule has 0 saturated heterocycles. The molecule has 0 bridgehead atoms. The van der Waals surface area contributed by atoms with Crippen molar-refractivity contribution >= 4 is 5.91 Å². The van der Waals surface area contributed by atoms with Gasteiger partial charge in [0, 0.05) is 18.0 Å². The van der Waals surface area contributed by atoms with Gasteiger partial charge in [0.25, 0.3) is 5.91 Å². The fraction of sp³-hybridized carbons (Fsp3) is 0.250. The third-order valence-electron chi connectivity index (χ3n) is 3.12. The number of aromatic nitrogens is 1. The van der Waals surface area contributed by atoms with Crippen molar-refractivity contribution < 1.29 is 9.53 Å². The predicted octanol–water partition coefficient (Wildman–Crippen LogP) is 2.89. The Hall–Kier alpha value is -2.36. The number of carbonyl (C=O) groups excluding carboxylic acids is 1. The molecule has 1 atom stereocenters. The molecule has 4 nitrogen and oxygen atoms in total. The summed E-state index contributed by atoms with van der Waals surface area (Å²) in [6.07, 6.45) is 3.19. The van der Waals surface area contributed by atoms with Gasteiger partial charge in [-0.25, -0.2) is 0 Å². The molecule has 2 aromatic rings. The van der Waals surface area contributed by atoms with E-state index in [9.17, 15) is 4.79 Å². The highest BCUT2D eigenvalue weighted by molar-refractivity contribution is 5.94. The summed E-state index contributed by atoms with van der Waals surface area (Å²) in [6, 6.07) is 9.26. The molecule has 0 spiro atoms. The number of methoxy groups -OCH3 is 1. The first-order valence-corrected chi connectivity index (χ1v) is 6.47. The van der Waals surface area contributed by atoms with E-state index in [-0.39, 0.29) is 11.9 Å². The first-order chi connectivity index (χ1) is 9.61. The molecule has 2 rings (SSSR count). The van der Waals surface area contributed by atoms with Crippen LogP contribution in [0.2, 0.25) is 0 Å². The van der Waals surface area contributed by atoms with Crippen molar-refractivity contribution in [3.8, 4) is 5.75 Å². The van der Waals surface area contributed by atoms with Gasteiger partial charge in [0.05, 0.1) is 18.7 Å². The Morgan fingerprint density at radius 1 is 1.35 bits per heavy atom. The SMILES string of the molecule is COc1ccc(C)cc1[C@@H](C)NC(=O)c1cccnc1. The molecule has 0 fully saturated rings. The van der Waals surface area contributed by atoms with Crippen LogP contribution in [0.1, 0.15) is 34.5 Å². The van der Waals surface area contributed by atoms with Crippen LogP contribution in [0.5, 0.6) is 5.75 Å². The van der Waals surface area contributed by atoms with Gasteiger partial charge in [-0.1, -0.05) is 17.7 Å². The van der Waals surface area contributed by atoms with Crippen LogP contribution in [0.4, 0.5) is 0 Å². The molecule has 1 heterocycles. The summed E-state index contributed by atoms with van der Waals surface area (Å²) in [5.41, 5.74) is 2.64. The lowest BCUT2D eigenvalue weighted by atomic mass is 10.0. The highest BCUT2D eigenvalue weighted by Crippen LogP contribution is 2.26. The van der Waals surface area contributed by atoms with E-state index in [1.807, 2.05) is 32.0 Å². The maximum absolute atomic E-state index is 12.1. The van der Waals surface area contributed by atoms with Crippen molar-refractivity contribution in [2.75, 3.05) is 7.11 Å². The number of hydrogen-bond donors (Lipinski definition) is 1. The first-order valence-electron chi connectivity index (χ1n) is 6.47. The van der Waals surface area contributed by atoms with Gasteiger partial charge in [0.2, 0.25) is 0 Å². The van der Waals surface area contributed by atoms with Crippen LogP contribution < -0.4 is 10.1 Å². The van der Waals surface area contributed by atoms with Gasteiger partial charge in [-0.2, -0.15) is 0 Å². The lowest BCUT2D eigenvalue weighted by Crippen LogP contribution is -2.27. The van der Waals surface area contributed by atoms with Crippen LogP contribution in [0.15, 0.2) is 42.7 Å². The van der Waals surface area contributed by atoms with Crippen LogP contribution in [-0.2, 0) is 0 Å². The molecule has 20 heavy (non-hydrogen) atoms. The molecule has 104 valence electrons. The zero-order valence-corrected chi connectivity index (χ0v) is 11.9. The van der Waals surface area contributed by atoms with Crippen LogP contribution in [0, 0.1) is 6.92 Å². The minimum Gasteiger partial charge on any atom is -0.496 e. The normalized spacial score (nSPS) is 11.8. The Balaban J connectivity index is 2.18. The Bertz CT molecular complexity index is 597. The number of aryl methyl sites for hydroxylation is 1. The van der Waals surface area contributed by atoms with E-state index in [0.29, 0.717) is 5.56 Å². The zero-order valence-electron chi connectivity index (χ0n) is 11.9. The van der Waals surface area contributed by atoms with Crippen LogP contribution in [0.25, 0.3) is 0 Å². The number of ether oxygens (including phenoxy) is 1. The molecule has 1 aromatic carbocycles. The monoisotopic (exact) mass is 270 g/mol. The molecule has 4 heteroatoms. The molecule has 1 amide bonds. The Labute approximate surface area is 118 Å². The number of hydrogen-bond acceptors (Lipinski definition) is 3. The molecule has 1 aromatic heterocycles. The number of nitrogens with one attached hydrogen (secondary N) is 1. The van der Waals surface area contributed by atoms with Crippen molar-refractivity contribution in [2.45, 2.75) is 19.9 Å². The average molecular weight is 270 g/mol. The predicted molar refractivity (Wildman–Crippen MR) is 77.8 cm³/mol. The standard InChI is InChI=1S/C16H18N2O2/c1-11-6-7-15(20-3)14(9-11)12(2)18-16(19)13-5-4-8-17-10-13/h4-10,12H,1-3H3,(H,18,19)/t12-/m1/s1. The molecule has 0 aliphatic carbocycles. The number of benzene rings is 1. The van der Waals surface area contributed by atoms with E-state index in [0.717, 1.165) is 16.9 Å². The van der Waals surface area contributed by atoms with E-state index in [2.05, 4.69) is 10.3 Å². The number of rotatable bonds is 4. The van der Waals surface area contributed by atoms with Crippen LogP contribution >= 0.6 is 0 Å². The zero-order chi connectivity index (χ0) is 14.5. The summed E-state index contributed by atoms with van der Waals surface area (Å²) in [5, 5.41) is 2.96. The van der Waals surface area contributed by atoms with Gasteiger partial charge >= 0.3 is 0 Å². The summed E-state index contributed by atoms with van der Waals surface area (Å²) in [4.78, 5) is 16.1. The van der Waals surface area contributed by atoms with Gasteiger partial charge in [-0.05, 0) is 32.0 Å². The van der Waals surface area contributed by atoms with Crippen molar-refractivity contribution in [2.24, 2.45) is 0 Å². The molecular formula is C16H18N2O2. The second kappa shape index (κ2) is 6.19. The highest BCUT2D eigenvalue weighted by Gasteiger charge is 2.15. The molecule has 1 N–H and O–H groups in total. The Morgan fingerprint density at radius 3 is 2.80 bits per heavy atom. The Morgan fingerprint density at radius 2 is 2.15 bits per heavy atom. The minimum absolute atomic E-state index is 0.141. The Kier molecular flexibility index (Phi) is 4.35. The summed E-state index contributed by atoms with van der Waals surface area (Å²) >= 11 is 0. The van der Waals surface area contributed by atoms with Crippen LogP contribution in [-0.4, -0.2) is 18.0 Å². The maximum Gasteiger partial charge on any atom is 0.253 e. The molecule has 0 radical (unpaired) electrons. The third-order valence-corrected chi connectivity index (χ3v) is 3.12. The number of amides is 1. The first kappa shape index (κ1) is 14.1. The van der Waals surface area contributed by atoms with E-state index in [1.54, 1.807) is 31.6 Å². The van der Waals surface area contributed by atoms with Crippen molar-refractivity contribution in [1.29, 1.82) is 0 Å². The second-order valence-corrected chi connectivity index (χ2v) is 4.68. The van der Waals surface area contributed by atoms with Gasteiger partial charge in [-0.15, -0.1) is 0 Å². The van der Waals surface area contributed by atoms with Gasteiger partial charge in [-0.3, -0.25) is 9.78 Å². The van der Waals surface area contributed by atoms with Crippen molar-refractivity contribution in [1.82, 2.24) is 10.3 Å². The fourth-order valence-electron chi connectivity index (χ4n) is 2.05. The topological polar surface area (TPSA) is 51.2 Å². The summed E-state index contributed by atoms with van der Waals surface area (Å²) in [6.45, 7) is 3.95. The van der Waals surface area contributed by atoms with Gasteiger partial charge < -0.3 is 10.1 Å². The quantitative estimate of drug-likeness (QED) is 0.929. The molecule has 0 unspecified atom stereocenters. The molecule has 0 aliphatic heterocycles. The number of carbonyl (C=O) groups is 1. The van der Waals surface area contributed by atoms with E-state index in [1.165, 1.54) is 0 Å². The lowest BCUT2D eigenvalue weighted by Gasteiger charge is -2.18. The smallest absolute Gasteiger partial charge is 0.253 e. The summed E-state index contributed by atoms with van der Waals surface area (Å²) < 4.78 is 5.35. The van der Waals surface area contributed by atoms with E-state index in [4.69, 9.17) is 4.74 Å². The second-order valence-electron chi connectivity index (χ2n) is 4.68.